The Hall–Kier alpha value is -1.55. The first-order chi connectivity index (χ1) is 15.0. The van der Waals surface area contributed by atoms with Crippen molar-refractivity contribution in [3.8, 4) is 0 Å². The van der Waals surface area contributed by atoms with Gasteiger partial charge >= 0.3 is 0 Å². The maximum absolute atomic E-state index is 9.07. The molecule has 1 N–H and O–H groups in total. The van der Waals surface area contributed by atoms with Gasteiger partial charge in [-0.15, -0.1) is 0 Å². The highest BCUT2D eigenvalue weighted by Crippen LogP contribution is 2.54. The molecule has 2 heterocycles. The summed E-state index contributed by atoms with van der Waals surface area (Å²) in [7, 11) is 0. The van der Waals surface area contributed by atoms with Crippen molar-refractivity contribution in [3.05, 3.63) is 29.9 Å². The van der Waals surface area contributed by atoms with E-state index in [0.29, 0.717) is 11.0 Å². The minimum atomic E-state index is 0.510. The number of nitrogens with zero attached hydrogens (tertiary/aromatic N) is 3. The molecule has 4 heteroatoms. The molecule has 2 saturated carbocycles. The highest BCUT2D eigenvalue weighted by Gasteiger charge is 2.43. The van der Waals surface area contributed by atoms with Crippen LogP contribution in [0.4, 0.5) is 0 Å². The lowest BCUT2D eigenvalue weighted by Gasteiger charge is -2.50. The first kappa shape index (κ1) is 21.3. The smallest absolute Gasteiger partial charge is 0.203 e. The van der Waals surface area contributed by atoms with Crippen LogP contribution in [0.3, 0.4) is 0 Å². The molecule has 1 aliphatic heterocycles. The van der Waals surface area contributed by atoms with Crippen LogP contribution in [0.2, 0.25) is 0 Å². The van der Waals surface area contributed by atoms with E-state index >= 15 is 0 Å². The summed E-state index contributed by atoms with van der Waals surface area (Å²) in [4.78, 5) is 2.59. The summed E-state index contributed by atoms with van der Waals surface area (Å²) in [5.74, 6) is 2.69. The lowest BCUT2D eigenvalue weighted by atomic mass is 9.56. The lowest BCUT2D eigenvalue weighted by Crippen LogP contribution is -2.40. The molecule has 4 nitrogen and oxygen atoms in total. The monoisotopic (exact) mass is 422 g/mol. The van der Waals surface area contributed by atoms with Crippen LogP contribution in [-0.2, 0) is 13.1 Å². The molecule has 0 amide bonds. The maximum atomic E-state index is 9.07. The van der Waals surface area contributed by atoms with E-state index in [9.17, 15) is 0 Å². The van der Waals surface area contributed by atoms with Gasteiger partial charge in [0, 0.05) is 19.6 Å². The summed E-state index contributed by atoms with van der Waals surface area (Å²) >= 11 is 0. The van der Waals surface area contributed by atoms with Crippen LogP contribution in [0.25, 0.3) is 11.0 Å². The van der Waals surface area contributed by atoms with Gasteiger partial charge in [0.1, 0.15) is 0 Å². The number of aryl methyl sites for hydroxylation is 1. The summed E-state index contributed by atoms with van der Waals surface area (Å²) < 4.78 is 4.60. The Bertz CT molecular complexity index is 928. The van der Waals surface area contributed by atoms with Gasteiger partial charge in [0.15, 0.2) is 0 Å². The predicted molar refractivity (Wildman–Crippen MR) is 128 cm³/mol. The fourth-order valence-corrected chi connectivity index (χ4v) is 7.74. The SMILES string of the molecule is CC1CC2CC(C)CC(CCn3c(=N)n(CCN4CCCCC4)c4ccccc43)(C1)C2. The van der Waals surface area contributed by atoms with Crippen molar-refractivity contribution >= 4 is 11.0 Å². The minimum absolute atomic E-state index is 0.510. The van der Waals surface area contributed by atoms with Crippen LogP contribution < -0.4 is 5.62 Å². The van der Waals surface area contributed by atoms with Gasteiger partial charge < -0.3 is 14.0 Å². The van der Waals surface area contributed by atoms with Gasteiger partial charge in [-0.25, -0.2) is 0 Å². The molecule has 0 radical (unpaired) electrons. The zero-order chi connectivity index (χ0) is 21.4. The third kappa shape index (κ3) is 4.37. The molecule has 2 bridgehead atoms. The van der Waals surface area contributed by atoms with E-state index in [4.69, 9.17) is 5.41 Å². The van der Waals surface area contributed by atoms with Crippen molar-refractivity contribution in [2.45, 2.75) is 84.7 Å². The van der Waals surface area contributed by atoms with Crippen molar-refractivity contribution in [2.75, 3.05) is 19.6 Å². The molecule has 2 atom stereocenters. The third-order valence-corrected chi connectivity index (χ3v) is 8.68. The topological polar surface area (TPSA) is 37.0 Å². The number of hydrogen-bond donors (Lipinski definition) is 1. The molecule has 2 aromatic rings. The highest BCUT2D eigenvalue weighted by molar-refractivity contribution is 5.75. The van der Waals surface area contributed by atoms with Crippen molar-refractivity contribution < 1.29 is 0 Å². The van der Waals surface area contributed by atoms with Crippen LogP contribution in [-0.4, -0.2) is 33.7 Å². The number of nitrogens with one attached hydrogen (secondary N) is 1. The van der Waals surface area contributed by atoms with Crippen molar-refractivity contribution in [1.82, 2.24) is 14.0 Å². The number of para-hydroxylation sites is 2. The van der Waals surface area contributed by atoms with Gasteiger partial charge in [0.25, 0.3) is 0 Å². The molecule has 2 unspecified atom stereocenters. The molecule has 3 aliphatic rings. The van der Waals surface area contributed by atoms with Gasteiger partial charge in [-0.1, -0.05) is 32.4 Å². The molecule has 1 aromatic carbocycles. The second-order valence-electron chi connectivity index (χ2n) is 11.4. The van der Waals surface area contributed by atoms with Crippen molar-refractivity contribution in [1.29, 1.82) is 5.41 Å². The zero-order valence-electron chi connectivity index (χ0n) is 19.8. The van der Waals surface area contributed by atoms with Gasteiger partial charge in [-0.05, 0) is 99.8 Å². The van der Waals surface area contributed by atoms with E-state index in [2.05, 4.69) is 52.1 Å². The van der Waals surface area contributed by atoms with E-state index in [1.165, 1.54) is 81.9 Å². The van der Waals surface area contributed by atoms with Gasteiger partial charge in [0.2, 0.25) is 5.62 Å². The molecule has 3 fully saturated rings. The van der Waals surface area contributed by atoms with Crippen LogP contribution >= 0.6 is 0 Å². The van der Waals surface area contributed by atoms with Crippen LogP contribution in [0.1, 0.15) is 71.6 Å². The lowest BCUT2D eigenvalue weighted by molar-refractivity contribution is 0.00822. The Kier molecular flexibility index (Phi) is 6.02. The Morgan fingerprint density at radius 1 is 0.839 bits per heavy atom. The number of rotatable bonds is 6. The molecule has 170 valence electrons. The summed E-state index contributed by atoms with van der Waals surface area (Å²) in [6.07, 6.45) is 12.4. The summed E-state index contributed by atoms with van der Waals surface area (Å²) in [6.45, 7) is 10.4. The van der Waals surface area contributed by atoms with E-state index < -0.39 is 0 Å². The van der Waals surface area contributed by atoms with E-state index in [-0.39, 0.29) is 0 Å². The average molecular weight is 423 g/mol. The minimum Gasteiger partial charge on any atom is -0.310 e. The predicted octanol–water partition coefficient (Wildman–Crippen LogP) is 5.65. The third-order valence-electron chi connectivity index (χ3n) is 8.68. The fraction of sp³-hybridized carbons (Fsp3) is 0.741. The number of fused-ring (bicyclic) bond motifs is 3. The summed E-state index contributed by atoms with van der Waals surface area (Å²) in [5.41, 5.74) is 3.72. The van der Waals surface area contributed by atoms with E-state index in [1.54, 1.807) is 0 Å². The summed E-state index contributed by atoms with van der Waals surface area (Å²) in [6, 6.07) is 8.74. The second kappa shape index (κ2) is 8.77. The Labute approximate surface area is 188 Å². The molecule has 31 heavy (non-hydrogen) atoms. The highest BCUT2D eigenvalue weighted by atomic mass is 15.2. The molecular weight excluding hydrogens is 380 g/mol. The van der Waals surface area contributed by atoms with Gasteiger partial charge in [0.05, 0.1) is 11.0 Å². The molecule has 1 aromatic heterocycles. The van der Waals surface area contributed by atoms with Crippen LogP contribution in [0.5, 0.6) is 0 Å². The Balaban J connectivity index is 1.37. The quantitative estimate of drug-likeness (QED) is 0.641. The fourth-order valence-electron chi connectivity index (χ4n) is 7.74. The Morgan fingerprint density at radius 3 is 2.10 bits per heavy atom. The van der Waals surface area contributed by atoms with Crippen LogP contribution in [0, 0.1) is 28.6 Å². The standard InChI is InChI=1S/C27H42N4/c1-21-16-23-17-22(2)19-27(18-21,20-23)10-13-30-24-8-4-5-9-25(24)31(26(30)28)15-14-29-11-6-3-7-12-29/h4-5,8-9,21-23,28H,3,6-7,10-20H2,1-2H3. The maximum Gasteiger partial charge on any atom is 0.203 e. The molecule has 1 saturated heterocycles. The molecule has 2 aliphatic carbocycles. The van der Waals surface area contributed by atoms with Gasteiger partial charge in [-0.3, -0.25) is 5.41 Å². The number of piperidine rings is 1. The van der Waals surface area contributed by atoms with Gasteiger partial charge in [-0.2, -0.15) is 0 Å². The number of imidazole rings is 1. The number of aromatic nitrogens is 2. The first-order valence-electron chi connectivity index (χ1n) is 13.0. The van der Waals surface area contributed by atoms with Crippen LogP contribution in [0.15, 0.2) is 24.3 Å². The average Bonchev–Trinajstić information content (AvgIpc) is 3.01. The van der Waals surface area contributed by atoms with Crippen molar-refractivity contribution in [3.63, 3.8) is 0 Å². The zero-order valence-corrected chi connectivity index (χ0v) is 19.8. The van der Waals surface area contributed by atoms with E-state index in [0.717, 1.165) is 37.4 Å². The first-order valence-corrected chi connectivity index (χ1v) is 13.0. The largest absolute Gasteiger partial charge is 0.310 e. The second-order valence-corrected chi connectivity index (χ2v) is 11.4. The molecule has 0 spiro atoms. The summed E-state index contributed by atoms with van der Waals surface area (Å²) in [5, 5.41) is 9.07. The number of hydrogen-bond acceptors (Lipinski definition) is 2. The normalized spacial score (nSPS) is 31.9. The van der Waals surface area contributed by atoms with E-state index in [1.807, 2.05) is 0 Å². The number of benzene rings is 1. The number of likely N-dealkylation sites (tertiary alicyclic amines) is 1. The Morgan fingerprint density at radius 2 is 1.45 bits per heavy atom. The molecular formula is C27H42N4. The van der Waals surface area contributed by atoms with Crippen molar-refractivity contribution in [2.24, 2.45) is 23.2 Å². The molecule has 5 rings (SSSR count).